The summed E-state index contributed by atoms with van der Waals surface area (Å²) in [7, 11) is 0. The number of aromatic nitrogens is 2. The number of nitrogens with zero attached hydrogens (tertiary/aromatic N) is 2. The Bertz CT molecular complexity index is 895. The van der Waals surface area contributed by atoms with Crippen LogP contribution in [0.4, 0.5) is 14.6 Å². The molecule has 0 atom stereocenters. The monoisotopic (exact) mass is 391 g/mol. The zero-order valence-electron chi connectivity index (χ0n) is 12.3. The average molecular weight is 392 g/mol. The number of hydrogen-bond donors (Lipinski definition) is 1. The maximum Gasteiger partial charge on any atom is 0.256 e. The van der Waals surface area contributed by atoms with Gasteiger partial charge in [0, 0.05) is 17.3 Å². The third-order valence-electron chi connectivity index (χ3n) is 3.33. The first-order chi connectivity index (χ1) is 11.5. The molecule has 0 aliphatic carbocycles. The van der Waals surface area contributed by atoms with Gasteiger partial charge in [0.05, 0.1) is 11.0 Å². The van der Waals surface area contributed by atoms with Gasteiger partial charge in [0.15, 0.2) is 5.82 Å². The van der Waals surface area contributed by atoms with Gasteiger partial charge in [0.2, 0.25) is 0 Å². The molecule has 3 rings (SSSR count). The van der Waals surface area contributed by atoms with E-state index in [0.717, 1.165) is 6.07 Å². The Balaban J connectivity index is 1.77. The van der Waals surface area contributed by atoms with Crippen molar-refractivity contribution in [1.82, 2.24) is 9.78 Å². The molecule has 122 valence electrons. The summed E-state index contributed by atoms with van der Waals surface area (Å²) in [5.74, 6) is -1.02. The Morgan fingerprint density at radius 1 is 1.17 bits per heavy atom. The summed E-state index contributed by atoms with van der Waals surface area (Å²) in [6.45, 7) is 0.223. The summed E-state index contributed by atoms with van der Waals surface area (Å²) >= 11 is 3.30. The molecule has 1 heterocycles. The molecule has 1 aromatic heterocycles. The highest BCUT2D eigenvalue weighted by Gasteiger charge is 2.13. The molecule has 3 aromatic rings. The van der Waals surface area contributed by atoms with Gasteiger partial charge in [-0.3, -0.25) is 9.48 Å². The van der Waals surface area contributed by atoms with Gasteiger partial charge in [-0.05, 0) is 40.2 Å². The first-order valence-electron chi connectivity index (χ1n) is 7.06. The topological polar surface area (TPSA) is 46.9 Å². The molecule has 0 bridgehead atoms. The fraction of sp³-hybridized carbons (Fsp3) is 0.0588. The zero-order valence-corrected chi connectivity index (χ0v) is 13.9. The molecular weight excluding hydrogens is 380 g/mol. The number of benzene rings is 2. The van der Waals surface area contributed by atoms with Gasteiger partial charge in [-0.25, -0.2) is 8.78 Å². The maximum absolute atomic E-state index is 13.7. The predicted octanol–water partition coefficient (Wildman–Crippen LogP) is 4.22. The molecule has 0 saturated carbocycles. The molecule has 0 aliphatic heterocycles. The summed E-state index contributed by atoms with van der Waals surface area (Å²) in [5, 5.41) is 6.81. The summed E-state index contributed by atoms with van der Waals surface area (Å²) < 4.78 is 28.9. The van der Waals surface area contributed by atoms with Gasteiger partial charge >= 0.3 is 0 Å². The summed E-state index contributed by atoms with van der Waals surface area (Å²) in [6, 6.07) is 11.7. The Morgan fingerprint density at radius 3 is 2.71 bits per heavy atom. The Kier molecular flexibility index (Phi) is 4.71. The van der Waals surface area contributed by atoms with Crippen molar-refractivity contribution in [1.29, 1.82) is 0 Å². The van der Waals surface area contributed by atoms with Gasteiger partial charge < -0.3 is 5.32 Å². The van der Waals surface area contributed by atoms with Crippen molar-refractivity contribution >= 4 is 27.7 Å². The number of amides is 1. The molecule has 1 amide bonds. The molecule has 0 aliphatic rings. The predicted molar refractivity (Wildman–Crippen MR) is 89.8 cm³/mol. The molecule has 0 unspecified atom stereocenters. The molecular formula is C17H12BrF2N3O. The fourth-order valence-corrected chi connectivity index (χ4v) is 2.59. The molecule has 4 nitrogen and oxygen atoms in total. The molecule has 0 fully saturated rings. The minimum atomic E-state index is -0.494. The van der Waals surface area contributed by atoms with Crippen molar-refractivity contribution in [3.8, 4) is 0 Å². The Morgan fingerprint density at radius 2 is 1.96 bits per heavy atom. The van der Waals surface area contributed by atoms with Crippen LogP contribution in [0, 0.1) is 11.6 Å². The second-order valence-electron chi connectivity index (χ2n) is 5.08. The average Bonchev–Trinajstić information content (AvgIpc) is 2.89. The minimum absolute atomic E-state index is 0.186. The first kappa shape index (κ1) is 16.3. The van der Waals surface area contributed by atoms with Crippen LogP contribution in [0.25, 0.3) is 0 Å². The van der Waals surface area contributed by atoms with E-state index in [4.69, 9.17) is 0 Å². The molecule has 1 N–H and O–H groups in total. The molecule has 0 radical (unpaired) electrons. The number of carbonyl (C=O) groups excluding carboxylic acids is 1. The highest BCUT2D eigenvalue weighted by Crippen LogP contribution is 2.22. The van der Waals surface area contributed by atoms with E-state index < -0.39 is 11.7 Å². The number of anilines is 1. The van der Waals surface area contributed by atoms with Crippen molar-refractivity contribution < 1.29 is 13.6 Å². The third-order valence-corrected chi connectivity index (χ3v) is 3.91. The van der Waals surface area contributed by atoms with Gasteiger partial charge in [-0.1, -0.05) is 24.3 Å². The number of rotatable bonds is 4. The lowest BCUT2D eigenvalue weighted by Crippen LogP contribution is -2.13. The van der Waals surface area contributed by atoms with Crippen molar-refractivity contribution in [2.75, 3.05) is 5.32 Å². The quantitative estimate of drug-likeness (QED) is 0.723. The molecule has 2 aromatic carbocycles. The van der Waals surface area contributed by atoms with Crippen LogP contribution in [-0.2, 0) is 6.54 Å². The van der Waals surface area contributed by atoms with Gasteiger partial charge in [-0.15, -0.1) is 0 Å². The van der Waals surface area contributed by atoms with Crippen molar-refractivity contribution in [2.45, 2.75) is 6.54 Å². The van der Waals surface area contributed by atoms with Crippen molar-refractivity contribution in [3.05, 3.63) is 82.0 Å². The smallest absolute Gasteiger partial charge is 0.256 e. The zero-order chi connectivity index (χ0) is 17.1. The van der Waals surface area contributed by atoms with E-state index in [0.29, 0.717) is 10.0 Å². The van der Waals surface area contributed by atoms with E-state index in [1.807, 2.05) is 0 Å². The van der Waals surface area contributed by atoms with E-state index in [1.54, 1.807) is 24.4 Å². The van der Waals surface area contributed by atoms with Crippen LogP contribution < -0.4 is 5.32 Å². The SMILES string of the molecule is O=C(Nc1nn(Cc2ccccc2F)cc1Br)c1cccc(F)c1. The molecule has 0 spiro atoms. The largest absolute Gasteiger partial charge is 0.304 e. The van der Waals surface area contributed by atoms with Crippen LogP contribution >= 0.6 is 15.9 Å². The van der Waals surface area contributed by atoms with Crippen LogP contribution in [-0.4, -0.2) is 15.7 Å². The maximum atomic E-state index is 13.7. The molecule has 7 heteroatoms. The highest BCUT2D eigenvalue weighted by atomic mass is 79.9. The van der Waals surface area contributed by atoms with Gasteiger partial charge in [0.1, 0.15) is 11.6 Å². The second kappa shape index (κ2) is 6.92. The first-order valence-corrected chi connectivity index (χ1v) is 7.85. The lowest BCUT2D eigenvalue weighted by Gasteiger charge is -2.04. The molecule has 24 heavy (non-hydrogen) atoms. The van der Waals surface area contributed by atoms with E-state index in [-0.39, 0.29) is 23.7 Å². The summed E-state index contributed by atoms with van der Waals surface area (Å²) in [5.41, 5.74) is 0.668. The number of halogens is 3. The second-order valence-corrected chi connectivity index (χ2v) is 5.93. The number of hydrogen-bond acceptors (Lipinski definition) is 2. The van der Waals surface area contributed by atoms with Crippen molar-refractivity contribution in [2.24, 2.45) is 0 Å². The number of nitrogens with one attached hydrogen (secondary N) is 1. The third kappa shape index (κ3) is 3.68. The van der Waals surface area contributed by atoms with Crippen LogP contribution in [0.5, 0.6) is 0 Å². The Hall–Kier alpha value is -2.54. The standard InChI is InChI=1S/C17H12BrF2N3O/c18-14-10-23(9-12-4-1-2-7-15(12)20)22-16(14)21-17(24)11-5-3-6-13(19)8-11/h1-8,10H,9H2,(H,21,22,24). The van der Waals surface area contributed by atoms with Crippen LogP contribution in [0.2, 0.25) is 0 Å². The van der Waals surface area contributed by atoms with Crippen molar-refractivity contribution in [3.63, 3.8) is 0 Å². The Labute approximate surface area is 145 Å². The normalized spacial score (nSPS) is 10.6. The van der Waals surface area contributed by atoms with E-state index in [1.165, 1.54) is 28.9 Å². The number of carbonyl (C=O) groups is 1. The lowest BCUT2D eigenvalue weighted by atomic mass is 10.2. The van der Waals surface area contributed by atoms with Gasteiger partial charge in [0.25, 0.3) is 5.91 Å². The van der Waals surface area contributed by atoms with Crippen LogP contribution in [0.15, 0.2) is 59.2 Å². The lowest BCUT2D eigenvalue weighted by molar-refractivity contribution is 0.102. The minimum Gasteiger partial charge on any atom is -0.304 e. The van der Waals surface area contributed by atoms with Crippen LogP contribution in [0.3, 0.4) is 0 Å². The summed E-state index contributed by atoms with van der Waals surface area (Å²) in [6.07, 6.45) is 1.63. The van der Waals surface area contributed by atoms with E-state index in [9.17, 15) is 13.6 Å². The van der Waals surface area contributed by atoms with Crippen LogP contribution in [0.1, 0.15) is 15.9 Å². The van der Waals surface area contributed by atoms with E-state index in [2.05, 4.69) is 26.3 Å². The highest BCUT2D eigenvalue weighted by molar-refractivity contribution is 9.10. The van der Waals surface area contributed by atoms with E-state index >= 15 is 0 Å². The fourth-order valence-electron chi connectivity index (χ4n) is 2.17. The molecule has 0 saturated heterocycles. The summed E-state index contributed by atoms with van der Waals surface area (Å²) in [4.78, 5) is 12.1. The van der Waals surface area contributed by atoms with Gasteiger partial charge in [-0.2, -0.15) is 5.10 Å².